The van der Waals surface area contributed by atoms with Crippen molar-refractivity contribution in [2.24, 2.45) is 0 Å². The van der Waals surface area contributed by atoms with Crippen LogP contribution in [0.25, 0.3) is 0 Å². The number of hydrogen-bond donors (Lipinski definition) is 2. The Morgan fingerprint density at radius 3 is 2.29 bits per heavy atom. The zero-order valence-corrected chi connectivity index (χ0v) is 19.0. The van der Waals surface area contributed by atoms with Crippen LogP contribution in [0, 0.1) is 5.82 Å². The normalized spacial score (nSPS) is 12.9. The van der Waals surface area contributed by atoms with Crippen molar-refractivity contribution in [1.82, 2.24) is 0 Å². The molecule has 9 heteroatoms. The monoisotopic (exact) mass is 477 g/mol. The first-order chi connectivity index (χ1) is 16.9. The van der Waals surface area contributed by atoms with Gasteiger partial charge in [0.15, 0.2) is 18.1 Å². The third-order valence-electron chi connectivity index (χ3n) is 5.42. The van der Waals surface area contributed by atoms with Crippen LogP contribution in [-0.2, 0) is 9.59 Å². The number of methoxy groups -OCH3 is 1. The van der Waals surface area contributed by atoms with Crippen LogP contribution in [0.2, 0.25) is 0 Å². The minimum Gasteiger partial charge on any atom is -0.493 e. The zero-order chi connectivity index (χ0) is 24.8. The second kappa shape index (κ2) is 10.7. The summed E-state index contributed by atoms with van der Waals surface area (Å²) in [6.07, 6.45) is 1.40. The molecule has 1 aliphatic rings. The van der Waals surface area contributed by atoms with E-state index >= 15 is 0 Å². The van der Waals surface area contributed by atoms with Gasteiger partial charge in [-0.15, -0.1) is 0 Å². The van der Waals surface area contributed by atoms with Gasteiger partial charge in [-0.3, -0.25) is 14.4 Å². The molecule has 35 heavy (non-hydrogen) atoms. The SMILES string of the molecule is COc1cc(C(=O)Nc2ccc(N3CCCC3=O)cc2)ccc1OCC(=O)Nc1ccc(F)cc1. The average Bonchev–Trinajstić information content (AvgIpc) is 3.30. The molecule has 0 aliphatic carbocycles. The number of carbonyl (C=O) groups excluding carboxylic acids is 3. The van der Waals surface area contributed by atoms with Crippen molar-refractivity contribution in [1.29, 1.82) is 0 Å². The van der Waals surface area contributed by atoms with Crippen LogP contribution in [0.5, 0.6) is 11.5 Å². The Morgan fingerprint density at radius 1 is 0.943 bits per heavy atom. The van der Waals surface area contributed by atoms with E-state index in [0.717, 1.165) is 12.1 Å². The van der Waals surface area contributed by atoms with Gasteiger partial charge in [0, 0.05) is 35.6 Å². The Kier molecular flexibility index (Phi) is 7.25. The molecular formula is C26H24FN3O5. The first-order valence-electron chi connectivity index (χ1n) is 11.0. The van der Waals surface area contributed by atoms with Crippen molar-refractivity contribution in [3.63, 3.8) is 0 Å². The zero-order valence-electron chi connectivity index (χ0n) is 19.0. The summed E-state index contributed by atoms with van der Waals surface area (Å²) in [7, 11) is 1.43. The summed E-state index contributed by atoms with van der Waals surface area (Å²) in [6.45, 7) is 0.401. The van der Waals surface area contributed by atoms with Crippen molar-refractivity contribution in [2.75, 3.05) is 35.8 Å². The highest BCUT2D eigenvalue weighted by molar-refractivity contribution is 6.05. The van der Waals surface area contributed by atoms with E-state index < -0.39 is 11.7 Å². The number of benzene rings is 3. The van der Waals surface area contributed by atoms with Crippen LogP contribution in [0.3, 0.4) is 0 Å². The molecule has 3 amide bonds. The fraction of sp³-hybridized carbons (Fsp3) is 0.192. The third-order valence-corrected chi connectivity index (χ3v) is 5.42. The number of rotatable bonds is 8. The van der Waals surface area contributed by atoms with E-state index in [1.807, 2.05) is 0 Å². The molecule has 0 radical (unpaired) electrons. The fourth-order valence-corrected chi connectivity index (χ4v) is 3.65. The minimum atomic E-state index is -0.431. The van der Waals surface area contributed by atoms with Gasteiger partial charge in [0.1, 0.15) is 5.82 Å². The lowest BCUT2D eigenvalue weighted by atomic mass is 10.1. The van der Waals surface area contributed by atoms with Gasteiger partial charge < -0.3 is 25.0 Å². The minimum absolute atomic E-state index is 0.101. The van der Waals surface area contributed by atoms with E-state index in [4.69, 9.17) is 9.47 Å². The summed E-state index contributed by atoms with van der Waals surface area (Å²) in [5, 5.41) is 5.41. The molecule has 0 aromatic heterocycles. The molecule has 180 valence electrons. The van der Waals surface area contributed by atoms with Crippen LogP contribution in [0.4, 0.5) is 21.5 Å². The lowest BCUT2D eigenvalue weighted by Gasteiger charge is -2.16. The summed E-state index contributed by atoms with van der Waals surface area (Å²) in [5.41, 5.74) is 2.17. The van der Waals surface area contributed by atoms with E-state index in [2.05, 4.69) is 10.6 Å². The van der Waals surface area contributed by atoms with Gasteiger partial charge in [0.05, 0.1) is 7.11 Å². The maximum Gasteiger partial charge on any atom is 0.262 e. The number of amides is 3. The Labute approximate surface area is 201 Å². The quantitative estimate of drug-likeness (QED) is 0.506. The van der Waals surface area contributed by atoms with Gasteiger partial charge in [-0.2, -0.15) is 0 Å². The fourth-order valence-electron chi connectivity index (χ4n) is 3.65. The predicted octanol–water partition coefficient (Wildman–Crippen LogP) is 4.23. The van der Waals surface area contributed by atoms with E-state index in [-0.39, 0.29) is 29.9 Å². The summed E-state index contributed by atoms with van der Waals surface area (Å²) in [6, 6.07) is 17.1. The molecule has 1 saturated heterocycles. The van der Waals surface area contributed by atoms with Crippen molar-refractivity contribution < 1.29 is 28.2 Å². The van der Waals surface area contributed by atoms with Crippen LogP contribution in [0.15, 0.2) is 66.7 Å². The van der Waals surface area contributed by atoms with Gasteiger partial charge in [-0.05, 0) is 73.2 Å². The number of hydrogen-bond acceptors (Lipinski definition) is 5. The summed E-state index contributed by atoms with van der Waals surface area (Å²) >= 11 is 0. The van der Waals surface area contributed by atoms with Gasteiger partial charge >= 0.3 is 0 Å². The molecule has 4 rings (SSSR count). The van der Waals surface area contributed by atoms with Crippen LogP contribution in [-0.4, -0.2) is 38.0 Å². The third kappa shape index (κ3) is 5.94. The molecule has 0 atom stereocenters. The standard InChI is InChI=1S/C26H24FN3O5/c1-34-23-15-17(4-13-22(23)35-16-24(31)28-19-7-5-18(27)6-8-19)26(33)29-20-9-11-21(12-10-20)30-14-2-3-25(30)32/h4-13,15H,2-3,14,16H2,1H3,(H,28,31)(H,29,33). The van der Waals surface area contributed by atoms with Crippen molar-refractivity contribution in [3.05, 3.63) is 78.1 Å². The lowest BCUT2D eigenvalue weighted by molar-refractivity contribution is -0.118. The summed E-state index contributed by atoms with van der Waals surface area (Å²) < 4.78 is 23.8. The van der Waals surface area contributed by atoms with Crippen LogP contribution < -0.4 is 25.0 Å². The molecule has 0 unspecified atom stereocenters. The van der Waals surface area contributed by atoms with Crippen molar-refractivity contribution >= 4 is 34.8 Å². The smallest absolute Gasteiger partial charge is 0.262 e. The Morgan fingerprint density at radius 2 is 1.63 bits per heavy atom. The van der Waals surface area contributed by atoms with Gasteiger partial charge in [0.2, 0.25) is 5.91 Å². The van der Waals surface area contributed by atoms with Crippen LogP contribution in [0.1, 0.15) is 23.2 Å². The average molecular weight is 477 g/mol. The lowest BCUT2D eigenvalue weighted by Crippen LogP contribution is -2.23. The maximum absolute atomic E-state index is 13.0. The first kappa shape index (κ1) is 23.7. The summed E-state index contributed by atoms with van der Waals surface area (Å²) in [4.78, 5) is 38.5. The van der Waals surface area contributed by atoms with E-state index in [0.29, 0.717) is 29.9 Å². The second-order valence-corrected chi connectivity index (χ2v) is 7.86. The van der Waals surface area contributed by atoms with Crippen molar-refractivity contribution in [2.45, 2.75) is 12.8 Å². The highest BCUT2D eigenvalue weighted by Gasteiger charge is 2.21. The molecule has 0 saturated carbocycles. The molecule has 3 aromatic rings. The van der Waals surface area contributed by atoms with Crippen molar-refractivity contribution in [3.8, 4) is 11.5 Å². The number of ether oxygens (including phenoxy) is 2. The molecule has 8 nitrogen and oxygen atoms in total. The largest absolute Gasteiger partial charge is 0.493 e. The van der Waals surface area contributed by atoms with Crippen LogP contribution >= 0.6 is 0 Å². The molecule has 3 aromatic carbocycles. The molecule has 1 heterocycles. The number of carbonyl (C=O) groups is 3. The van der Waals surface area contributed by atoms with E-state index in [1.165, 1.54) is 37.4 Å². The maximum atomic E-state index is 13.0. The van der Waals surface area contributed by atoms with Gasteiger partial charge in [-0.25, -0.2) is 4.39 Å². The Bertz CT molecular complexity index is 1230. The van der Waals surface area contributed by atoms with Gasteiger partial charge in [0.25, 0.3) is 11.8 Å². The van der Waals surface area contributed by atoms with E-state index in [9.17, 15) is 18.8 Å². The molecule has 0 bridgehead atoms. The molecular weight excluding hydrogens is 453 g/mol. The highest BCUT2D eigenvalue weighted by atomic mass is 19.1. The topological polar surface area (TPSA) is 97.0 Å². The number of nitrogens with one attached hydrogen (secondary N) is 2. The molecule has 0 spiro atoms. The van der Waals surface area contributed by atoms with Gasteiger partial charge in [-0.1, -0.05) is 0 Å². The second-order valence-electron chi connectivity index (χ2n) is 7.86. The molecule has 2 N–H and O–H groups in total. The Hall–Kier alpha value is -4.40. The highest BCUT2D eigenvalue weighted by Crippen LogP contribution is 2.29. The van der Waals surface area contributed by atoms with E-state index in [1.54, 1.807) is 41.3 Å². The summed E-state index contributed by atoms with van der Waals surface area (Å²) in [5.74, 6) is -0.505. The molecule has 1 aliphatic heterocycles. The predicted molar refractivity (Wildman–Crippen MR) is 130 cm³/mol. The molecule has 1 fully saturated rings. The Balaban J connectivity index is 1.35. The number of halogens is 1. The number of anilines is 3. The number of nitrogens with zero attached hydrogens (tertiary/aromatic N) is 1. The first-order valence-corrected chi connectivity index (χ1v) is 11.0.